The number of nitrogens with zero attached hydrogens (tertiary/aromatic N) is 1. The average Bonchev–Trinajstić information content (AvgIpc) is 2.53. The van der Waals surface area contributed by atoms with Gasteiger partial charge < -0.3 is 10.4 Å². The van der Waals surface area contributed by atoms with E-state index < -0.39 is 40.9 Å². The summed E-state index contributed by atoms with van der Waals surface area (Å²) in [5.74, 6) is -2.12. The zero-order valence-corrected chi connectivity index (χ0v) is 12.5. The number of benzene rings is 1. The number of rotatable bonds is 3. The van der Waals surface area contributed by atoms with E-state index in [-0.39, 0.29) is 5.69 Å². The van der Waals surface area contributed by atoms with Crippen LogP contribution in [0.4, 0.5) is 36.4 Å². The first-order valence-electron chi connectivity index (χ1n) is 6.76. The lowest BCUT2D eigenvalue weighted by atomic mass is 9.92. The molecule has 0 spiro atoms. The maximum absolute atomic E-state index is 13.4. The molecule has 0 saturated heterocycles. The molecule has 0 atom stereocenters. The highest BCUT2D eigenvalue weighted by Crippen LogP contribution is 2.50. The highest BCUT2D eigenvalue weighted by Gasteiger charge is 2.71. The van der Waals surface area contributed by atoms with Crippen LogP contribution >= 0.6 is 0 Å². The Morgan fingerprint density at radius 2 is 1.50 bits per heavy atom. The number of hydrogen-bond donors (Lipinski definition) is 2. The predicted octanol–water partition coefficient (Wildman–Crippen LogP) is 3.79. The highest BCUT2D eigenvalue weighted by molar-refractivity contribution is 6.04. The number of alkyl halides is 6. The zero-order valence-electron chi connectivity index (χ0n) is 12.5. The summed E-state index contributed by atoms with van der Waals surface area (Å²) in [6, 6.07) is 4.48. The fourth-order valence-corrected chi connectivity index (χ4v) is 2.04. The van der Waals surface area contributed by atoms with Gasteiger partial charge in [-0.25, -0.2) is 4.98 Å². The van der Waals surface area contributed by atoms with Crippen molar-refractivity contribution in [1.29, 1.82) is 0 Å². The summed E-state index contributed by atoms with van der Waals surface area (Å²) in [5.41, 5.74) is -7.24. The third kappa shape index (κ3) is 3.47. The molecule has 2 N–H and O–H groups in total. The first kappa shape index (κ1) is 19.6. The Morgan fingerprint density at radius 1 is 0.962 bits per heavy atom. The number of aliphatic hydroxyl groups is 1. The van der Waals surface area contributed by atoms with Crippen LogP contribution in [0.5, 0.6) is 0 Å². The van der Waals surface area contributed by atoms with Gasteiger partial charge in [-0.05, 0) is 24.3 Å². The second kappa shape index (κ2) is 6.56. The summed E-state index contributed by atoms with van der Waals surface area (Å²) in [4.78, 5) is 15.1. The molecule has 0 aliphatic heterocycles. The van der Waals surface area contributed by atoms with Gasteiger partial charge in [0.25, 0.3) is 11.5 Å². The molecule has 0 radical (unpaired) electrons. The smallest absolute Gasteiger partial charge is 0.369 e. The lowest BCUT2D eigenvalue weighted by Crippen LogP contribution is -2.53. The minimum atomic E-state index is -6.02. The normalized spacial score (nSPS) is 12.8. The van der Waals surface area contributed by atoms with Crippen molar-refractivity contribution in [2.45, 2.75) is 18.0 Å². The van der Waals surface area contributed by atoms with Gasteiger partial charge in [0.2, 0.25) is 5.95 Å². The summed E-state index contributed by atoms with van der Waals surface area (Å²) >= 11 is 0. The Hall–Kier alpha value is -2.69. The Labute approximate surface area is 141 Å². The molecular weight excluding hydrogens is 373 g/mol. The van der Waals surface area contributed by atoms with Crippen molar-refractivity contribution in [3.8, 4) is 0 Å². The Kier molecular flexibility index (Phi) is 4.95. The molecule has 0 bridgehead atoms. The van der Waals surface area contributed by atoms with E-state index >= 15 is 0 Å². The summed E-state index contributed by atoms with van der Waals surface area (Å²) in [5, 5.41) is 11.3. The molecule has 0 fully saturated rings. The molecular formula is C15H9F7N2O2. The summed E-state index contributed by atoms with van der Waals surface area (Å²) in [6.45, 7) is 0. The number of anilines is 1. The van der Waals surface area contributed by atoms with Crippen LogP contribution in [-0.2, 0) is 5.60 Å². The number of aromatic nitrogens is 1. The van der Waals surface area contributed by atoms with Gasteiger partial charge in [0.1, 0.15) is 0 Å². The van der Waals surface area contributed by atoms with Gasteiger partial charge in [0.15, 0.2) is 0 Å². The number of hydrogen-bond acceptors (Lipinski definition) is 3. The van der Waals surface area contributed by atoms with Gasteiger partial charge in [-0.2, -0.15) is 30.7 Å². The van der Waals surface area contributed by atoms with Crippen molar-refractivity contribution in [3.63, 3.8) is 0 Å². The van der Waals surface area contributed by atoms with E-state index in [1.165, 1.54) is 6.07 Å². The van der Waals surface area contributed by atoms with Crippen LogP contribution in [0.1, 0.15) is 15.9 Å². The van der Waals surface area contributed by atoms with E-state index in [0.29, 0.717) is 24.3 Å². The average molecular weight is 382 g/mol. The Balaban J connectivity index is 2.30. The van der Waals surface area contributed by atoms with Crippen LogP contribution in [-0.4, -0.2) is 28.4 Å². The van der Waals surface area contributed by atoms with Crippen molar-refractivity contribution in [2.75, 3.05) is 5.32 Å². The number of pyridine rings is 1. The van der Waals surface area contributed by atoms with Crippen molar-refractivity contribution in [1.82, 2.24) is 4.98 Å². The van der Waals surface area contributed by atoms with Crippen molar-refractivity contribution in [2.24, 2.45) is 0 Å². The molecule has 11 heteroatoms. The molecule has 1 heterocycles. The lowest BCUT2D eigenvalue weighted by molar-refractivity contribution is -0.376. The first-order valence-corrected chi connectivity index (χ1v) is 6.76. The van der Waals surface area contributed by atoms with Gasteiger partial charge in [-0.15, -0.1) is 0 Å². The quantitative estimate of drug-likeness (QED) is 0.627. The fourth-order valence-electron chi connectivity index (χ4n) is 2.04. The maximum Gasteiger partial charge on any atom is 0.430 e. The second-order valence-electron chi connectivity index (χ2n) is 5.08. The Morgan fingerprint density at radius 3 is 1.96 bits per heavy atom. The van der Waals surface area contributed by atoms with Crippen LogP contribution in [0.15, 0.2) is 42.6 Å². The first-order chi connectivity index (χ1) is 11.9. The lowest BCUT2D eigenvalue weighted by Gasteiger charge is -2.32. The van der Waals surface area contributed by atoms with Crippen molar-refractivity contribution in [3.05, 3.63) is 59.7 Å². The van der Waals surface area contributed by atoms with Crippen LogP contribution < -0.4 is 5.32 Å². The van der Waals surface area contributed by atoms with E-state index in [1.54, 1.807) is 0 Å². The summed E-state index contributed by atoms with van der Waals surface area (Å²) < 4.78 is 90.0. The van der Waals surface area contributed by atoms with Gasteiger partial charge in [-0.3, -0.25) is 4.79 Å². The van der Waals surface area contributed by atoms with E-state index in [9.17, 15) is 40.6 Å². The van der Waals surface area contributed by atoms with Crippen LogP contribution in [0.3, 0.4) is 0 Å². The van der Waals surface area contributed by atoms with E-state index in [4.69, 9.17) is 0 Å². The van der Waals surface area contributed by atoms with Crippen molar-refractivity contribution < 1.29 is 40.6 Å². The molecule has 1 aromatic carbocycles. The third-order valence-corrected chi connectivity index (χ3v) is 3.38. The van der Waals surface area contributed by atoms with Gasteiger partial charge >= 0.3 is 12.4 Å². The minimum absolute atomic E-state index is 0.214. The fraction of sp³-hybridized carbons (Fsp3) is 0.200. The molecule has 0 saturated carbocycles. The van der Waals surface area contributed by atoms with Crippen LogP contribution in [0, 0.1) is 5.95 Å². The molecule has 0 aliphatic carbocycles. The number of carbonyl (C=O) groups is 1. The molecule has 4 nitrogen and oxygen atoms in total. The largest absolute Gasteiger partial charge is 0.430 e. The van der Waals surface area contributed by atoms with E-state index in [0.717, 1.165) is 12.3 Å². The standard InChI is InChI=1S/C15H9F7N2O2/c16-11-10(2-1-7-23-11)12(25)24-9-5-3-8(4-6-9)13(26,14(17,18)19)15(20,21)22/h1-7,26H,(H,24,25). The number of nitrogens with one attached hydrogen (secondary N) is 1. The Bertz CT molecular complexity index is 787. The molecule has 1 aromatic heterocycles. The molecule has 0 unspecified atom stereocenters. The summed E-state index contributed by atoms with van der Waals surface area (Å²) in [7, 11) is 0. The topological polar surface area (TPSA) is 62.2 Å². The van der Waals surface area contributed by atoms with Gasteiger partial charge in [0, 0.05) is 17.4 Å². The maximum atomic E-state index is 13.4. The molecule has 2 rings (SSSR count). The van der Waals surface area contributed by atoms with Crippen molar-refractivity contribution >= 4 is 11.6 Å². The molecule has 26 heavy (non-hydrogen) atoms. The van der Waals surface area contributed by atoms with E-state index in [1.807, 2.05) is 0 Å². The highest BCUT2D eigenvalue weighted by atomic mass is 19.4. The van der Waals surface area contributed by atoms with Crippen LogP contribution in [0.25, 0.3) is 0 Å². The van der Waals surface area contributed by atoms with Gasteiger partial charge in [-0.1, -0.05) is 12.1 Å². The summed E-state index contributed by atoms with van der Waals surface area (Å²) in [6.07, 6.45) is -11.0. The molecule has 140 valence electrons. The number of carbonyl (C=O) groups excluding carboxylic acids is 1. The minimum Gasteiger partial charge on any atom is -0.369 e. The second-order valence-corrected chi connectivity index (χ2v) is 5.08. The number of halogens is 7. The molecule has 2 aromatic rings. The zero-order chi connectivity index (χ0) is 19.8. The monoisotopic (exact) mass is 382 g/mol. The SMILES string of the molecule is O=C(Nc1ccc(C(O)(C(F)(F)F)C(F)(F)F)cc1)c1cccnc1F. The third-order valence-electron chi connectivity index (χ3n) is 3.38. The number of amides is 1. The van der Waals surface area contributed by atoms with Crippen LogP contribution in [0.2, 0.25) is 0 Å². The molecule has 1 amide bonds. The predicted molar refractivity (Wildman–Crippen MR) is 74.6 cm³/mol. The van der Waals surface area contributed by atoms with E-state index in [2.05, 4.69) is 10.3 Å². The van der Waals surface area contributed by atoms with Gasteiger partial charge in [0.05, 0.1) is 5.56 Å². The molecule has 0 aliphatic rings.